The number of hydrogen-bond acceptors (Lipinski definition) is 3. The molecule has 78 valence electrons. The minimum Gasteiger partial charge on any atom is -0.400 e. The predicted molar refractivity (Wildman–Crippen MR) is 52.1 cm³/mol. The van der Waals surface area contributed by atoms with Gasteiger partial charge in [-0.1, -0.05) is 26.7 Å². The van der Waals surface area contributed by atoms with Crippen LogP contribution >= 0.6 is 0 Å². The Morgan fingerprint density at radius 3 is 1.00 bits per heavy atom. The Morgan fingerprint density at radius 1 is 0.750 bits per heavy atom. The maximum absolute atomic E-state index is 8.07. The van der Waals surface area contributed by atoms with Gasteiger partial charge in [0.2, 0.25) is 0 Å². The molecule has 0 saturated carbocycles. The zero-order valence-corrected chi connectivity index (χ0v) is 8.58. The molecule has 0 bridgehead atoms. The molecule has 0 fully saturated rings. The largest absolute Gasteiger partial charge is 0.400 e. The van der Waals surface area contributed by atoms with Gasteiger partial charge in [0.15, 0.2) is 0 Å². The van der Waals surface area contributed by atoms with Gasteiger partial charge in [-0.15, -0.1) is 0 Å². The first-order valence-corrected chi connectivity index (χ1v) is 4.49. The van der Waals surface area contributed by atoms with Crippen LogP contribution in [0.25, 0.3) is 0 Å². The van der Waals surface area contributed by atoms with Gasteiger partial charge in [0.1, 0.15) is 0 Å². The van der Waals surface area contributed by atoms with Crippen LogP contribution in [0.4, 0.5) is 0 Å². The maximum atomic E-state index is 8.07. The van der Waals surface area contributed by atoms with Crippen molar-refractivity contribution in [3.05, 3.63) is 0 Å². The lowest BCUT2D eigenvalue weighted by Crippen LogP contribution is -1.75. The van der Waals surface area contributed by atoms with Crippen LogP contribution in [-0.2, 0) is 0 Å². The van der Waals surface area contributed by atoms with Gasteiger partial charge in [0.25, 0.3) is 0 Å². The number of rotatable bonds is 4. The van der Waals surface area contributed by atoms with Gasteiger partial charge in [0, 0.05) is 20.3 Å². The third kappa shape index (κ3) is 51.8. The van der Waals surface area contributed by atoms with E-state index in [-0.39, 0.29) is 0 Å². The van der Waals surface area contributed by atoms with E-state index in [1.165, 1.54) is 0 Å². The molecule has 0 aromatic carbocycles. The average Bonchev–Trinajstić information content (AvgIpc) is 2.12. The predicted octanol–water partition coefficient (Wildman–Crippen LogP) is 1.17. The van der Waals surface area contributed by atoms with Crippen LogP contribution in [-0.4, -0.2) is 35.6 Å². The number of aliphatic hydroxyl groups excluding tert-OH is 3. The summed E-state index contributed by atoms with van der Waals surface area (Å²) in [6, 6.07) is 0. The zero-order chi connectivity index (χ0) is 10.2. The minimum atomic E-state index is 0.344. The van der Waals surface area contributed by atoms with Gasteiger partial charge in [-0.05, 0) is 12.8 Å². The minimum absolute atomic E-state index is 0.344. The molecule has 0 radical (unpaired) electrons. The van der Waals surface area contributed by atoms with E-state index in [0.717, 1.165) is 32.8 Å². The molecule has 0 rings (SSSR count). The van der Waals surface area contributed by atoms with Gasteiger partial charge in [-0.25, -0.2) is 0 Å². The lowest BCUT2D eigenvalue weighted by atomic mass is 10.4. The Hall–Kier alpha value is -0.120. The maximum Gasteiger partial charge on any atom is 0.0430 e. The fourth-order valence-corrected chi connectivity index (χ4v) is 0.316. The van der Waals surface area contributed by atoms with E-state index in [9.17, 15) is 0 Å². The highest BCUT2D eigenvalue weighted by molar-refractivity contribution is 4.23. The van der Waals surface area contributed by atoms with Gasteiger partial charge in [-0.2, -0.15) is 0 Å². The molecule has 0 aliphatic rings. The first-order chi connectivity index (χ1) is 5.83. The summed E-state index contributed by atoms with van der Waals surface area (Å²) < 4.78 is 0. The molecule has 0 aliphatic carbocycles. The van der Waals surface area contributed by atoms with Crippen molar-refractivity contribution < 1.29 is 15.3 Å². The molecular weight excluding hydrogens is 156 g/mol. The first-order valence-electron chi connectivity index (χ1n) is 4.49. The van der Waals surface area contributed by atoms with E-state index in [4.69, 9.17) is 15.3 Å². The van der Waals surface area contributed by atoms with Crippen molar-refractivity contribution >= 4 is 0 Å². The van der Waals surface area contributed by atoms with Crippen LogP contribution in [0.15, 0.2) is 0 Å². The van der Waals surface area contributed by atoms with Crippen molar-refractivity contribution in [2.75, 3.05) is 20.3 Å². The quantitative estimate of drug-likeness (QED) is 0.608. The van der Waals surface area contributed by atoms with Gasteiger partial charge in [-0.3, -0.25) is 0 Å². The van der Waals surface area contributed by atoms with E-state index in [2.05, 4.69) is 13.8 Å². The third-order valence-electron chi connectivity index (χ3n) is 1.02. The lowest BCUT2D eigenvalue weighted by Gasteiger charge is -1.79. The first kappa shape index (κ1) is 17.8. The van der Waals surface area contributed by atoms with Crippen LogP contribution in [0.5, 0.6) is 0 Å². The van der Waals surface area contributed by atoms with Crippen molar-refractivity contribution in [1.82, 2.24) is 0 Å². The second-order valence-corrected chi connectivity index (χ2v) is 2.15. The fraction of sp³-hybridized carbons (Fsp3) is 1.00. The summed E-state index contributed by atoms with van der Waals surface area (Å²) >= 11 is 0. The summed E-state index contributed by atoms with van der Waals surface area (Å²) in [6.45, 7) is 4.79. The van der Waals surface area contributed by atoms with Gasteiger partial charge < -0.3 is 15.3 Å². The van der Waals surface area contributed by atoms with Gasteiger partial charge >= 0.3 is 0 Å². The van der Waals surface area contributed by atoms with Gasteiger partial charge in [0.05, 0.1) is 0 Å². The highest BCUT2D eigenvalue weighted by Crippen LogP contribution is 1.79. The molecule has 12 heavy (non-hydrogen) atoms. The van der Waals surface area contributed by atoms with Crippen molar-refractivity contribution in [2.24, 2.45) is 0 Å². The molecule has 0 aromatic heterocycles. The Morgan fingerprint density at radius 2 is 1.00 bits per heavy atom. The SMILES string of the molecule is CCCCO.CCCCO.CO. The van der Waals surface area contributed by atoms with Crippen molar-refractivity contribution in [3.8, 4) is 0 Å². The molecule has 0 unspecified atom stereocenters. The van der Waals surface area contributed by atoms with E-state index in [0.29, 0.717) is 13.2 Å². The van der Waals surface area contributed by atoms with Crippen molar-refractivity contribution in [1.29, 1.82) is 0 Å². The summed E-state index contributed by atoms with van der Waals surface area (Å²) in [5, 5.41) is 23.1. The molecule has 3 nitrogen and oxygen atoms in total. The van der Waals surface area contributed by atoms with Crippen LogP contribution in [0.2, 0.25) is 0 Å². The molecule has 3 N–H and O–H groups in total. The summed E-state index contributed by atoms with van der Waals surface area (Å²) in [5.41, 5.74) is 0. The monoisotopic (exact) mass is 180 g/mol. The molecule has 0 heterocycles. The molecule has 0 spiro atoms. The summed E-state index contributed by atoms with van der Waals surface area (Å²) in [6.07, 6.45) is 4.08. The molecule has 0 aromatic rings. The number of hydrogen-bond donors (Lipinski definition) is 3. The molecule has 0 aliphatic heterocycles. The van der Waals surface area contributed by atoms with Crippen LogP contribution in [0.1, 0.15) is 39.5 Å². The van der Waals surface area contributed by atoms with Crippen molar-refractivity contribution in [3.63, 3.8) is 0 Å². The average molecular weight is 180 g/mol. The topological polar surface area (TPSA) is 60.7 Å². The molecule has 3 heteroatoms. The number of aliphatic hydroxyl groups is 3. The second-order valence-electron chi connectivity index (χ2n) is 2.15. The van der Waals surface area contributed by atoms with Crippen LogP contribution in [0.3, 0.4) is 0 Å². The second kappa shape index (κ2) is 30.7. The van der Waals surface area contributed by atoms with Crippen molar-refractivity contribution in [2.45, 2.75) is 39.5 Å². The number of unbranched alkanes of at least 4 members (excludes halogenated alkanes) is 2. The normalized spacial score (nSPS) is 7.50. The van der Waals surface area contributed by atoms with E-state index in [1.54, 1.807) is 0 Å². The summed E-state index contributed by atoms with van der Waals surface area (Å²) in [4.78, 5) is 0. The highest BCUT2D eigenvalue weighted by Gasteiger charge is 1.69. The molecular formula is C9H24O3. The molecule has 0 saturated heterocycles. The van der Waals surface area contributed by atoms with E-state index in [1.807, 2.05) is 0 Å². The van der Waals surface area contributed by atoms with Crippen LogP contribution < -0.4 is 0 Å². The summed E-state index contributed by atoms with van der Waals surface area (Å²) in [7, 11) is 1.00. The molecule has 0 amide bonds. The molecule has 0 atom stereocenters. The Bertz CT molecular complexity index is 30.8. The third-order valence-corrected chi connectivity index (χ3v) is 1.02. The Labute approximate surface area is 76.1 Å². The Kier molecular flexibility index (Phi) is 45.7. The summed E-state index contributed by atoms with van der Waals surface area (Å²) in [5.74, 6) is 0. The lowest BCUT2D eigenvalue weighted by molar-refractivity contribution is 0.286. The Balaban J connectivity index is -0.000000112. The smallest absolute Gasteiger partial charge is 0.0430 e. The fourth-order valence-electron chi connectivity index (χ4n) is 0.316. The highest BCUT2D eigenvalue weighted by atomic mass is 16.3. The zero-order valence-electron chi connectivity index (χ0n) is 8.58. The standard InChI is InChI=1S/2C4H10O.CH4O/c2*1-2-3-4-5;1-2/h2*5H,2-4H2,1H3;2H,1H3. The van der Waals surface area contributed by atoms with Crippen LogP contribution in [0, 0.1) is 0 Å². The van der Waals surface area contributed by atoms with E-state index < -0.39 is 0 Å². The van der Waals surface area contributed by atoms with E-state index >= 15 is 0 Å².